The van der Waals surface area contributed by atoms with Crippen LogP contribution in [0.25, 0.3) is 66.6 Å². The van der Waals surface area contributed by atoms with Crippen LogP contribution < -0.4 is 9.80 Å². The molecular formula is C113H126Cl2N10. The number of benzene rings is 10. The highest BCUT2D eigenvalue weighted by Crippen LogP contribution is 2.72. The molecule has 2 aliphatic heterocycles. The van der Waals surface area contributed by atoms with Gasteiger partial charge in [-0.15, -0.1) is 0 Å². The zero-order valence-electron chi connectivity index (χ0n) is 75.3. The quantitative estimate of drug-likeness (QED) is 0.172. The van der Waals surface area contributed by atoms with Crippen LogP contribution in [0, 0.1) is 47.3 Å². The summed E-state index contributed by atoms with van der Waals surface area (Å²) in [6, 6.07) is 78.5. The predicted molar refractivity (Wildman–Crippen MR) is 524 cm³/mol. The van der Waals surface area contributed by atoms with Crippen molar-refractivity contribution in [3.05, 3.63) is 284 Å². The van der Waals surface area contributed by atoms with E-state index in [1.165, 1.54) is 175 Å². The minimum Gasteiger partial charge on any atom is -0.278 e. The largest absolute Gasteiger partial charge is 0.278 e. The molecule has 0 radical (unpaired) electrons. The van der Waals surface area contributed by atoms with Gasteiger partial charge in [0.2, 0.25) is 34.4 Å². The minimum atomic E-state index is -0.0412. The van der Waals surface area contributed by atoms with Crippen LogP contribution in [-0.2, 0) is 49.7 Å². The Morgan fingerprint density at radius 3 is 0.784 bits per heavy atom. The third kappa shape index (κ3) is 13.6. The summed E-state index contributed by atoms with van der Waals surface area (Å²) >= 11 is 12.4. The van der Waals surface area contributed by atoms with Gasteiger partial charge in [0.15, 0.2) is 0 Å². The van der Waals surface area contributed by atoms with E-state index in [1.54, 1.807) is 0 Å². The Labute approximate surface area is 752 Å². The molecule has 8 fully saturated rings. The zero-order valence-corrected chi connectivity index (χ0v) is 76.8. The molecule has 0 saturated heterocycles. The van der Waals surface area contributed by atoms with Crippen molar-refractivity contribution in [3.8, 4) is 23.0 Å². The Kier molecular flexibility index (Phi) is 20.1. The average Bonchev–Trinajstić information content (AvgIpc) is 1.60. The molecule has 0 N–H and O–H groups in total. The van der Waals surface area contributed by atoms with Gasteiger partial charge in [-0.3, -0.25) is 18.9 Å². The van der Waals surface area contributed by atoms with E-state index >= 15 is 0 Å². The number of hydrogen-bond donors (Lipinski definition) is 0. The SMILES string of the molecule is C.C.CC(C)(C)c1ccc2c(c1)-c1cc(C(C)(C)C)ccc1C2.CC(C)(C)c1ccc2c(c1)c1cc(C(C)(C)C)ccc1n2-c1nc(N2c3ccccc3C3(c4ccccc42)C2CC4CC(C2)CC3C4)nc(-n2c3ccc(C(C)(C)C)cc3c3cc(C(C)(C)C)ccc32)n1.Clc1nc(Cl)nc(N2c3ccccc3C3(c4ccccc42)C2CC4CC(C2)CC3C4)n1. The van der Waals surface area contributed by atoms with Crippen LogP contribution in [-0.4, -0.2) is 39.0 Å². The van der Waals surface area contributed by atoms with Crippen molar-refractivity contribution in [2.45, 2.75) is 253 Å². The van der Waals surface area contributed by atoms with Gasteiger partial charge in [0.05, 0.1) is 44.8 Å². The zero-order chi connectivity index (χ0) is 85.5. The minimum absolute atomic E-state index is 0. The number of halogens is 2. The Hall–Kier alpha value is -10.0. The fraction of sp³-hybridized carbons (Fsp3) is 0.416. The van der Waals surface area contributed by atoms with Crippen molar-refractivity contribution < 1.29 is 0 Å². The lowest BCUT2D eigenvalue weighted by Crippen LogP contribution is -2.57. The molecule has 2 spiro atoms. The highest BCUT2D eigenvalue weighted by atomic mass is 35.5. The lowest BCUT2D eigenvalue weighted by atomic mass is 9.41. The maximum absolute atomic E-state index is 6.19. The van der Waals surface area contributed by atoms with Crippen LogP contribution >= 0.6 is 23.2 Å². The molecule has 0 unspecified atom stereocenters. The maximum Gasteiger partial charge on any atom is 0.241 e. The highest BCUT2D eigenvalue weighted by molar-refractivity contribution is 6.31. The number of para-hydroxylation sites is 4. The molecule has 8 saturated carbocycles. The Morgan fingerprint density at radius 2 is 0.512 bits per heavy atom. The lowest BCUT2D eigenvalue weighted by molar-refractivity contribution is -0.0419. The van der Waals surface area contributed by atoms with E-state index in [4.69, 9.17) is 38.2 Å². The van der Waals surface area contributed by atoms with Gasteiger partial charge in [0, 0.05) is 32.4 Å². The molecule has 6 heterocycles. The summed E-state index contributed by atoms with van der Waals surface area (Å²) in [7, 11) is 0. The van der Waals surface area contributed by atoms with Crippen LogP contribution in [0.3, 0.4) is 0 Å². The topological polar surface area (TPSA) is 93.7 Å². The smallest absolute Gasteiger partial charge is 0.241 e. The first-order chi connectivity index (χ1) is 58.5. The van der Waals surface area contributed by atoms with Gasteiger partial charge < -0.3 is 0 Å². The van der Waals surface area contributed by atoms with Crippen molar-refractivity contribution in [2.75, 3.05) is 9.80 Å². The number of fused-ring (bicyclic) bond motifs is 13. The van der Waals surface area contributed by atoms with Crippen LogP contribution in [0.1, 0.15) is 270 Å². The number of nitrogens with zero attached hydrogens (tertiary/aromatic N) is 10. The molecular weight excluding hydrogens is 1570 g/mol. The average molecular weight is 1700 g/mol. The molecule has 11 aliphatic rings. The van der Waals surface area contributed by atoms with Crippen LogP contribution in [0.4, 0.5) is 34.6 Å². The number of aromatic nitrogens is 8. The van der Waals surface area contributed by atoms with Crippen molar-refractivity contribution in [3.63, 3.8) is 0 Å². The molecule has 0 amide bonds. The summed E-state index contributed by atoms with van der Waals surface area (Å²) < 4.78 is 4.64. The maximum atomic E-state index is 6.19. The summed E-state index contributed by atoms with van der Waals surface area (Å²) in [6.45, 7) is 41.4. The molecule has 125 heavy (non-hydrogen) atoms. The van der Waals surface area contributed by atoms with Crippen LogP contribution in [0.15, 0.2) is 206 Å². The summed E-state index contributed by atoms with van der Waals surface area (Å²) in [4.78, 5) is 34.7. The van der Waals surface area contributed by atoms with E-state index < -0.39 is 0 Å². The van der Waals surface area contributed by atoms with Gasteiger partial charge in [0.25, 0.3) is 0 Å². The summed E-state index contributed by atoms with van der Waals surface area (Å²) in [5.41, 5.74) is 29.0. The van der Waals surface area contributed by atoms with Crippen LogP contribution in [0.5, 0.6) is 0 Å². The summed E-state index contributed by atoms with van der Waals surface area (Å²) in [5, 5.41) is 5.06. The Morgan fingerprint density at radius 1 is 0.272 bits per heavy atom. The van der Waals surface area contributed by atoms with Crippen LogP contribution in [0.2, 0.25) is 10.6 Å². The third-order valence-corrected chi connectivity index (χ3v) is 31.1. The van der Waals surface area contributed by atoms with E-state index in [1.807, 2.05) is 0 Å². The van der Waals surface area contributed by atoms with Gasteiger partial charge in [-0.1, -0.05) is 273 Å². The molecule has 9 aliphatic carbocycles. The highest BCUT2D eigenvalue weighted by Gasteiger charge is 2.63. The second-order valence-electron chi connectivity index (χ2n) is 44.5. The fourth-order valence-electron chi connectivity index (χ4n) is 25.2. The predicted octanol–water partition coefficient (Wildman–Crippen LogP) is 30.6. The molecule has 10 nitrogen and oxygen atoms in total. The number of anilines is 6. The van der Waals surface area contributed by atoms with Crippen molar-refractivity contribution >= 4 is 101 Å². The molecule has 25 rings (SSSR count). The molecule has 4 aromatic heterocycles. The van der Waals surface area contributed by atoms with Gasteiger partial charge in [-0.25, -0.2) is 0 Å². The molecule has 0 atom stereocenters. The van der Waals surface area contributed by atoms with Crippen molar-refractivity contribution in [1.82, 2.24) is 39.0 Å². The van der Waals surface area contributed by atoms with Crippen molar-refractivity contribution in [2.24, 2.45) is 47.3 Å². The fourth-order valence-corrected chi connectivity index (χ4v) is 25.5. The second-order valence-corrected chi connectivity index (χ2v) is 45.2. The lowest BCUT2D eigenvalue weighted by Gasteiger charge is -2.64. The first-order valence-corrected chi connectivity index (χ1v) is 46.5. The number of rotatable bonds is 4. The second kappa shape index (κ2) is 29.8. The number of hydrogen-bond acceptors (Lipinski definition) is 8. The molecule has 14 aromatic rings. The van der Waals surface area contributed by atoms with Gasteiger partial charge in [0.1, 0.15) is 0 Å². The van der Waals surface area contributed by atoms with E-state index in [2.05, 4.69) is 365 Å². The molecule has 10 aromatic carbocycles. The van der Waals surface area contributed by atoms with Crippen molar-refractivity contribution in [1.29, 1.82) is 0 Å². The van der Waals surface area contributed by atoms with Gasteiger partial charge in [-0.05, 0) is 324 Å². The third-order valence-electron chi connectivity index (χ3n) is 30.8. The summed E-state index contributed by atoms with van der Waals surface area (Å²) in [6.07, 6.45) is 14.6. The van der Waals surface area contributed by atoms with E-state index in [0.29, 0.717) is 47.5 Å². The van der Waals surface area contributed by atoms with E-state index in [9.17, 15) is 0 Å². The normalized spacial score (nSPS) is 21.4. The standard InChI is InChI=1S/C65H70N6.C25H22Cl2N4.C21H26.2CH4/c1-61(2,3)40-21-25-52-46(34-40)47-35-41(62(4,5)6)22-26-53(47)69(52)58-66-59(70-54-27-23-42(63(7,8)9)36-48(54)49-37-43(64(10,11)12)24-28-55(49)70)68-60(67-58)71-56-19-15-13-17-50(56)65(51-18-14-16-20-57(51)71)44-30-38-29-39(32-44)33-45(65)31-38;26-22-28-23(27)30-24(29-22)31-20-7-3-1-5-18(20)25(19-6-2-4-8-21(19)31)16-10-14-9-15(12-16)13-17(25)11-14;1-20(2,3)16-9-7-14-11-15-8-10-17(21(4,5)6)13-19(15)18(14)12-16;;/h13-28,34-39,44-45H,29-33H2,1-12H3;1-8,14-17H,9-13H2;7-10,12-13H,11H2,1-6H3;2*1H4. The monoisotopic (exact) mass is 1690 g/mol. The van der Waals surface area contributed by atoms with E-state index in [0.717, 1.165) is 63.5 Å². The summed E-state index contributed by atoms with van der Waals surface area (Å²) in [5.74, 6) is 8.46. The molecule has 12 heteroatoms. The molecule has 642 valence electrons. The Bertz CT molecular complexity index is 6100. The van der Waals surface area contributed by atoms with Gasteiger partial charge >= 0.3 is 0 Å². The first kappa shape index (κ1) is 84.5. The van der Waals surface area contributed by atoms with E-state index in [-0.39, 0.29) is 68.7 Å². The first-order valence-electron chi connectivity index (χ1n) is 45.8. The van der Waals surface area contributed by atoms with Gasteiger partial charge in [-0.2, -0.15) is 29.9 Å². The molecule has 8 bridgehead atoms. The Balaban J connectivity index is 0.000000154.